The molecule has 2 aromatic rings. The molecule has 3 nitrogen and oxygen atoms in total. The van der Waals surface area contributed by atoms with Gasteiger partial charge in [0, 0.05) is 19.0 Å². The van der Waals surface area contributed by atoms with Gasteiger partial charge < -0.3 is 5.32 Å². The van der Waals surface area contributed by atoms with E-state index in [1.54, 1.807) is 0 Å². The molecule has 0 radical (unpaired) electrons. The minimum atomic E-state index is -0.663. The van der Waals surface area contributed by atoms with Crippen molar-refractivity contribution in [3.8, 4) is 0 Å². The first-order chi connectivity index (χ1) is 10.0. The van der Waals surface area contributed by atoms with Gasteiger partial charge in [-0.25, -0.2) is 23.1 Å². The molecule has 0 unspecified atom stereocenters. The van der Waals surface area contributed by atoms with Gasteiger partial charge in [0.05, 0.1) is 5.69 Å². The van der Waals surface area contributed by atoms with Gasteiger partial charge in [0.1, 0.15) is 17.5 Å². The summed E-state index contributed by atoms with van der Waals surface area (Å²) in [6.45, 7) is 4.06. The Balaban J connectivity index is 2.29. The largest absolute Gasteiger partial charge is 0.368 e. The van der Waals surface area contributed by atoms with E-state index in [2.05, 4.69) is 15.3 Å². The summed E-state index contributed by atoms with van der Waals surface area (Å²) in [4.78, 5) is 8.09. The molecule has 0 saturated carbocycles. The normalized spacial score (nSPS) is 10.7. The molecule has 1 N–H and O–H groups in total. The second-order valence-electron chi connectivity index (χ2n) is 4.73. The van der Waals surface area contributed by atoms with Crippen LogP contribution in [0, 0.1) is 24.4 Å². The first-order valence-electron chi connectivity index (χ1n) is 6.72. The van der Waals surface area contributed by atoms with Crippen molar-refractivity contribution < 1.29 is 13.2 Å². The Labute approximate surface area is 121 Å². The highest BCUT2D eigenvalue weighted by Gasteiger charge is 2.13. The van der Waals surface area contributed by atoms with Gasteiger partial charge in [-0.3, -0.25) is 0 Å². The van der Waals surface area contributed by atoms with Crippen LogP contribution in [0.1, 0.15) is 30.4 Å². The van der Waals surface area contributed by atoms with Gasteiger partial charge in [-0.15, -0.1) is 0 Å². The molecule has 21 heavy (non-hydrogen) atoms. The Morgan fingerprint density at radius 1 is 1.14 bits per heavy atom. The van der Waals surface area contributed by atoms with Crippen LogP contribution in [0.25, 0.3) is 0 Å². The molecule has 0 fully saturated rings. The number of nitrogens with zero attached hydrogens (tertiary/aromatic N) is 2. The van der Waals surface area contributed by atoms with Crippen molar-refractivity contribution in [3.05, 3.63) is 52.7 Å². The Hall–Kier alpha value is -2.11. The van der Waals surface area contributed by atoms with Crippen LogP contribution in [0.3, 0.4) is 0 Å². The van der Waals surface area contributed by atoms with E-state index in [4.69, 9.17) is 0 Å². The minimum Gasteiger partial charge on any atom is -0.368 e. The molecule has 0 aliphatic rings. The van der Waals surface area contributed by atoms with E-state index >= 15 is 0 Å². The quantitative estimate of drug-likeness (QED) is 0.915. The summed E-state index contributed by atoms with van der Waals surface area (Å²) in [6, 6.07) is 3.32. The van der Waals surface area contributed by atoms with Crippen molar-refractivity contribution in [3.63, 3.8) is 0 Å². The van der Waals surface area contributed by atoms with Crippen molar-refractivity contribution in [2.45, 2.75) is 26.7 Å². The van der Waals surface area contributed by atoms with Crippen molar-refractivity contribution >= 4 is 5.82 Å². The van der Waals surface area contributed by atoms with Crippen molar-refractivity contribution in [1.82, 2.24) is 9.97 Å². The van der Waals surface area contributed by atoms with Gasteiger partial charge >= 0.3 is 0 Å². The fourth-order valence-electron chi connectivity index (χ4n) is 1.89. The number of hydrogen-bond donors (Lipinski definition) is 1. The van der Waals surface area contributed by atoms with E-state index in [1.165, 1.54) is 19.1 Å². The van der Waals surface area contributed by atoms with Crippen LogP contribution in [0.2, 0.25) is 0 Å². The van der Waals surface area contributed by atoms with E-state index in [-0.39, 0.29) is 29.3 Å². The molecule has 112 valence electrons. The second-order valence-corrected chi connectivity index (χ2v) is 4.73. The maximum atomic E-state index is 13.9. The highest BCUT2D eigenvalue weighted by Crippen LogP contribution is 2.17. The molecule has 1 heterocycles. The number of benzene rings is 1. The van der Waals surface area contributed by atoms with Gasteiger partial charge in [0.15, 0.2) is 11.6 Å². The maximum Gasteiger partial charge on any atom is 0.186 e. The van der Waals surface area contributed by atoms with E-state index in [0.29, 0.717) is 6.54 Å². The SMILES string of the molecule is CCCNc1nc(Cc2ccc(F)cc2F)nc(C)c1F. The van der Waals surface area contributed by atoms with Crippen molar-refractivity contribution in [2.75, 3.05) is 11.9 Å². The van der Waals surface area contributed by atoms with Gasteiger partial charge in [0.2, 0.25) is 0 Å². The average molecular weight is 295 g/mol. The first kappa shape index (κ1) is 15.3. The molecular weight excluding hydrogens is 279 g/mol. The number of rotatable bonds is 5. The highest BCUT2D eigenvalue weighted by molar-refractivity contribution is 5.38. The maximum absolute atomic E-state index is 13.9. The van der Waals surface area contributed by atoms with Crippen LogP contribution in [0.15, 0.2) is 18.2 Å². The van der Waals surface area contributed by atoms with Gasteiger partial charge in [-0.1, -0.05) is 13.0 Å². The van der Waals surface area contributed by atoms with Gasteiger partial charge in [-0.2, -0.15) is 0 Å². The van der Waals surface area contributed by atoms with E-state index in [0.717, 1.165) is 12.5 Å². The molecule has 0 aliphatic heterocycles. The van der Waals surface area contributed by atoms with Crippen LogP contribution < -0.4 is 5.32 Å². The molecule has 1 aromatic carbocycles. The smallest absolute Gasteiger partial charge is 0.186 e. The lowest BCUT2D eigenvalue weighted by atomic mass is 10.1. The molecule has 0 aliphatic carbocycles. The van der Waals surface area contributed by atoms with Crippen LogP contribution in [-0.2, 0) is 6.42 Å². The minimum absolute atomic E-state index is 0.0774. The van der Waals surface area contributed by atoms with Crippen LogP contribution in [-0.4, -0.2) is 16.5 Å². The summed E-state index contributed by atoms with van der Waals surface area (Å²) >= 11 is 0. The third-order valence-corrected chi connectivity index (χ3v) is 2.97. The summed E-state index contributed by atoms with van der Waals surface area (Å²) in [7, 11) is 0. The zero-order valence-corrected chi connectivity index (χ0v) is 11.9. The zero-order valence-electron chi connectivity index (χ0n) is 11.9. The number of nitrogens with one attached hydrogen (secondary N) is 1. The summed E-state index contributed by atoms with van der Waals surface area (Å²) < 4.78 is 40.4. The summed E-state index contributed by atoms with van der Waals surface area (Å²) in [5.41, 5.74) is 0.463. The molecule has 6 heteroatoms. The molecule has 2 rings (SSSR count). The molecule has 0 spiro atoms. The first-order valence-corrected chi connectivity index (χ1v) is 6.72. The van der Waals surface area contributed by atoms with Gasteiger partial charge in [0.25, 0.3) is 0 Å². The molecule has 0 atom stereocenters. The fourth-order valence-corrected chi connectivity index (χ4v) is 1.89. The predicted molar refractivity (Wildman–Crippen MR) is 74.7 cm³/mol. The molecule has 0 amide bonds. The number of hydrogen-bond acceptors (Lipinski definition) is 3. The highest BCUT2D eigenvalue weighted by atomic mass is 19.1. The third kappa shape index (κ3) is 3.71. The number of halogens is 3. The Bertz CT molecular complexity index is 644. The fraction of sp³-hybridized carbons (Fsp3) is 0.333. The average Bonchev–Trinajstić information content (AvgIpc) is 2.44. The van der Waals surface area contributed by atoms with Crippen LogP contribution in [0.5, 0.6) is 0 Å². The summed E-state index contributed by atoms with van der Waals surface area (Å²) in [5, 5.41) is 2.87. The van der Waals surface area contributed by atoms with Crippen LogP contribution >= 0.6 is 0 Å². The molecule has 0 saturated heterocycles. The van der Waals surface area contributed by atoms with E-state index < -0.39 is 17.5 Å². The number of aryl methyl sites for hydroxylation is 1. The van der Waals surface area contributed by atoms with Gasteiger partial charge in [-0.05, 0) is 25.0 Å². The summed E-state index contributed by atoms with van der Waals surface area (Å²) in [6.07, 6.45) is 0.901. The van der Waals surface area contributed by atoms with E-state index in [1.807, 2.05) is 6.92 Å². The number of aromatic nitrogens is 2. The molecular formula is C15H16F3N3. The topological polar surface area (TPSA) is 37.8 Å². The number of anilines is 1. The lowest BCUT2D eigenvalue weighted by molar-refractivity contribution is 0.572. The molecule has 0 bridgehead atoms. The monoisotopic (exact) mass is 295 g/mol. The van der Waals surface area contributed by atoms with Crippen molar-refractivity contribution in [2.24, 2.45) is 0 Å². The molecule has 1 aromatic heterocycles. The second kappa shape index (κ2) is 6.56. The Morgan fingerprint density at radius 2 is 1.90 bits per heavy atom. The van der Waals surface area contributed by atoms with E-state index in [9.17, 15) is 13.2 Å². The zero-order chi connectivity index (χ0) is 15.4. The van der Waals surface area contributed by atoms with Crippen molar-refractivity contribution in [1.29, 1.82) is 0 Å². The Morgan fingerprint density at radius 3 is 2.57 bits per heavy atom. The van der Waals surface area contributed by atoms with Crippen LogP contribution in [0.4, 0.5) is 19.0 Å². The summed E-state index contributed by atoms with van der Waals surface area (Å²) in [5.74, 6) is -1.41. The lowest BCUT2D eigenvalue weighted by Crippen LogP contribution is -2.10. The lowest BCUT2D eigenvalue weighted by Gasteiger charge is -2.10. The predicted octanol–water partition coefficient (Wildman–Crippen LogP) is 3.62. The Kier molecular flexibility index (Phi) is 4.77. The third-order valence-electron chi connectivity index (χ3n) is 2.97. The standard InChI is InChI=1S/C15H16F3N3/c1-3-6-19-15-14(18)9(2)20-13(21-15)7-10-4-5-11(16)8-12(10)17/h4-5,8H,3,6-7H2,1-2H3,(H,19,20,21).